The first-order valence-electron chi connectivity index (χ1n) is 5.61. The highest BCUT2D eigenvalue weighted by molar-refractivity contribution is 5.77. The second-order valence-corrected chi connectivity index (χ2v) is 3.93. The minimum Gasteiger partial charge on any atom is -0.484 e. The third-order valence-electron chi connectivity index (χ3n) is 2.47. The molecule has 3 heteroatoms. The number of para-hydroxylation sites is 1. The van der Waals surface area contributed by atoms with Crippen LogP contribution in [-0.2, 0) is 4.79 Å². The van der Waals surface area contributed by atoms with Gasteiger partial charge in [-0.15, -0.1) is 0 Å². The molecule has 1 rings (SSSR count). The van der Waals surface area contributed by atoms with Gasteiger partial charge in [-0.2, -0.15) is 0 Å². The average molecular weight is 221 g/mol. The molecule has 16 heavy (non-hydrogen) atoms. The van der Waals surface area contributed by atoms with Crippen LogP contribution < -0.4 is 10.1 Å². The van der Waals surface area contributed by atoms with Crippen LogP contribution in [0.3, 0.4) is 0 Å². The molecule has 1 amide bonds. The molecule has 0 aliphatic carbocycles. The minimum absolute atomic E-state index is 0.0717. The van der Waals surface area contributed by atoms with Gasteiger partial charge in [-0.05, 0) is 31.9 Å². The Balaban J connectivity index is 2.40. The van der Waals surface area contributed by atoms with Crippen molar-refractivity contribution in [1.29, 1.82) is 0 Å². The van der Waals surface area contributed by atoms with Crippen LogP contribution in [0.1, 0.15) is 25.8 Å². The van der Waals surface area contributed by atoms with Crippen molar-refractivity contribution in [2.45, 2.75) is 33.2 Å². The first-order valence-corrected chi connectivity index (χ1v) is 5.61. The first-order chi connectivity index (χ1) is 7.63. The molecular weight excluding hydrogens is 202 g/mol. The maximum atomic E-state index is 11.5. The summed E-state index contributed by atoms with van der Waals surface area (Å²) in [5.74, 6) is 0.694. The van der Waals surface area contributed by atoms with Crippen molar-refractivity contribution in [3.8, 4) is 5.75 Å². The lowest BCUT2D eigenvalue weighted by atomic mass is 10.2. The van der Waals surface area contributed by atoms with Crippen LogP contribution >= 0.6 is 0 Å². The summed E-state index contributed by atoms with van der Waals surface area (Å²) in [5, 5.41) is 2.86. The third-order valence-corrected chi connectivity index (χ3v) is 2.47. The van der Waals surface area contributed by atoms with Crippen LogP contribution in [0.4, 0.5) is 0 Å². The molecule has 1 unspecified atom stereocenters. The second kappa shape index (κ2) is 6.16. The molecule has 0 radical (unpaired) electrons. The maximum Gasteiger partial charge on any atom is 0.258 e. The molecule has 1 N–H and O–H groups in total. The summed E-state index contributed by atoms with van der Waals surface area (Å²) in [7, 11) is 0. The fraction of sp³-hybridized carbons (Fsp3) is 0.462. The lowest BCUT2D eigenvalue weighted by Gasteiger charge is -2.12. The Hall–Kier alpha value is -1.51. The first kappa shape index (κ1) is 12.6. The number of carbonyl (C=O) groups excluding carboxylic acids is 1. The van der Waals surface area contributed by atoms with Crippen LogP contribution in [0, 0.1) is 6.92 Å². The van der Waals surface area contributed by atoms with Crippen LogP contribution in [0.25, 0.3) is 0 Å². The zero-order chi connectivity index (χ0) is 12.0. The Morgan fingerprint density at radius 3 is 2.75 bits per heavy atom. The van der Waals surface area contributed by atoms with Crippen molar-refractivity contribution in [3.63, 3.8) is 0 Å². The summed E-state index contributed by atoms with van der Waals surface area (Å²) >= 11 is 0. The summed E-state index contributed by atoms with van der Waals surface area (Å²) < 4.78 is 5.43. The van der Waals surface area contributed by atoms with E-state index < -0.39 is 0 Å². The number of aryl methyl sites for hydroxylation is 1. The molecule has 0 bridgehead atoms. The number of nitrogens with one attached hydrogen (secondary N) is 1. The van der Waals surface area contributed by atoms with E-state index in [9.17, 15) is 4.79 Å². The van der Waals surface area contributed by atoms with E-state index in [0.717, 1.165) is 17.7 Å². The van der Waals surface area contributed by atoms with E-state index in [1.165, 1.54) is 0 Å². The summed E-state index contributed by atoms with van der Waals surface area (Å²) in [6, 6.07) is 7.87. The Bertz CT molecular complexity index is 350. The number of amides is 1. The molecule has 1 atom stereocenters. The van der Waals surface area contributed by atoms with Crippen molar-refractivity contribution < 1.29 is 9.53 Å². The Labute approximate surface area is 96.8 Å². The monoisotopic (exact) mass is 221 g/mol. The fourth-order valence-electron chi connectivity index (χ4n) is 1.28. The van der Waals surface area contributed by atoms with Crippen LogP contribution in [0.15, 0.2) is 24.3 Å². The zero-order valence-corrected chi connectivity index (χ0v) is 10.1. The molecule has 88 valence electrons. The van der Waals surface area contributed by atoms with Crippen LogP contribution in [-0.4, -0.2) is 18.6 Å². The lowest BCUT2D eigenvalue weighted by Crippen LogP contribution is -2.35. The number of ether oxygens (including phenoxy) is 1. The largest absolute Gasteiger partial charge is 0.484 e. The molecule has 0 spiro atoms. The molecule has 0 heterocycles. The summed E-state index contributed by atoms with van der Waals surface area (Å²) in [6.45, 7) is 6.05. The van der Waals surface area contributed by atoms with Crippen molar-refractivity contribution in [1.82, 2.24) is 5.32 Å². The molecule has 1 aromatic rings. The third kappa shape index (κ3) is 3.93. The SMILES string of the molecule is CCC(C)NC(=O)COc1ccccc1C. The summed E-state index contributed by atoms with van der Waals surface area (Å²) in [5.41, 5.74) is 1.04. The smallest absolute Gasteiger partial charge is 0.258 e. The highest BCUT2D eigenvalue weighted by Crippen LogP contribution is 2.15. The van der Waals surface area contributed by atoms with E-state index >= 15 is 0 Å². The van der Waals surface area contributed by atoms with Crippen LogP contribution in [0.2, 0.25) is 0 Å². The second-order valence-electron chi connectivity index (χ2n) is 3.93. The Kier molecular flexibility index (Phi) is 4.83. The van der Waals surface area contributed by atoms with Gasteiger partial charge in [0.2, 0.25) is 0 Å². The van der Waals surface area contributed by atoms with Gasteiger partial charge in [-0.25, -0.2) is 0 Å². The Morgan fingerprint density at radius 1 is 1.44 bits per heavy atom. The maximum absolute atomic E-state index is 11.5. The number of hydrogen-bond donors (Lipinski definition) is 1. The van der Waals surface area contributed by atoms with E-state index in [4.69, 9.17) is 4.74 Å². The minimum atomic E-state index is -0.0717. The molecule has 0 saturated heterocycles. The standard InChI is InChI=1S/C13H19NO2/c1-4-11(3)14-13(15)9-16-12-8-6-5-7-10(12)2/h5-8,11H,4,9H2,1-3H3,(H,14,15). The van der Waals surface area contributed by atoms with Gasteiger partial charge in [-0.1, -0.05) is 25.1 Å². The van der Waals surface area contributed by atoms with E-state index in [0.29, 0.717) is 0 Å². The molecule has 0 saturated carbocycles. The Morgan fingerprint density at radius 2 is 2.12 bits per heavy atom. The van der Waals surface area contributed by atoms with Gasteiger partial charge in [0.05, 0.1) is 0 Å². The summed E-state index contributed by atoms with van der Waals surface area (Å²) in [6.07, 6.45) is 0.927. The van der Waals surface area contributed by atoms with Crippen molar-refractivity contribution >= 4 is 5.91 Å². The predicted octanol–water partition coefficient (Wildman–Crippen LogP) is 2.29. The quantitative estimate of drug-likeness (QED) is 0.828. The van der Waals surface area contributed by atoms with Crippen LogP contribution in [0.5, 0.6) is 5.75 Å². The molecule has 0 fully saturated rings. The van der Waals surface area contributed by atoms with Gasteiger partial charge in [0.1, 0.15) is 5.75 Å². The van der Waals surface area contributed by atoms with Crippen molar-refractivity contribution in [2.75, 3.05) is 6.61 Å². The summed E-state index contributed by atoms with van der Waals surface area (Å²) in [4.78, 5) is 11.5. The molecule has 0 aliphatic rings. The zero-order valence-electron chi connectivity index (χ0n) is 10.1. The molecular formula is C13H19NO2. The fourth-order valence-corrected chi connectivity index (χ4v) is 1.28. The van der Waals surface area contributed by atoms with E-state index in [1.54, 1.807) is 0 Å². The van der Waals surface area contributed by atoms with Crippen molar-refractivity contribution in [3.05, 3.63) is 29.8 Å². The topological polar surface area (TPSA) is 38.3 Å². The molecule has 0 aromatic heterocycles. The average Bonchev–Trinajstić information content (AvgIpc) is 2.28. The number of rotatable bonds is 5. The van der Waals surface area contributed by atoms with Gasteiger partial charge >= 0.3 is 0 Å². The number of carbonyl (C=O) groups is 1. The number of hydrogen-bond acceptors (Lipinski definition) is 2. The van der Waals surface area contributed by atoms with E-state index in [-0.39, 0.29) is 18.6 Å². The highest BCUT2D eigenvalue weighted by atomic mass is 16.5. The van der Waals surface area contributed by atoms with E-state index in [2.05, 4.69) is 5.32 Å². The molecule has 3 nitrogen and oxygen atoms in total. The predicted molar refractivity (Wildman–Crippen MR) is 64.6 cm³/mol. The lowest BCUT2D eigenvalue weighted by molar-refractivity contribution is -0.123. The van der Waals surface area contributed by atoms with Gasteiger partial charge in [-0.3, -0.25) is 4.79 Å². The van der Waals surface area contributed by atoms with Gasteiger partial charge in [0.15, 0.2) is 6.61 Å². The van der Waals surface area contributed by atoms with Gasteiger partial charge in [0, 0.05) is 6.04 Å². The highest BCUT2D eigenvalue weighted by Gasteiger charge is 2.06. The number of benzene rings is 1. The normalized spacial score (nSPS) is 11.9. The van der Waals surface area contributed by atoms with E-state index in [1.807, 2.05) is 45.0 Å². The molecule has 1 aromatic carbocycles. The van der Waals surface area contributed by atoms with Crippen molar-refractivity contribution in [2.24, 2.45) is 0 Å². The van der Waals surface area contributed by atoms with Gasteiger partial charge in [0.25, 0.3) is 5.91 Å². The van der Waals surface area contributed by atoms with Gasteiger partial charge < -0.3 is 10.1 Å². The molecule has 0 aliphatic heterocycles.